The van der Waals surface area contributed by atoms with Crippen LogP contribution < -0.4 is 0 Å². The van der Waals surface area contributed by atoms with Crippen LogP contribution in [-0.4, -0.2) is 36.2 Å². The maximum absolute atomic E-state index is 9.60. The van der Waals surface area contributed by atoms with Gasteiger partial charge in [0, 0.05) is 13.2 Å². The Morgan fingerprint density at radius 2 is 1.95 bits per heavy atom. The van der Waals surface area contributed by atoms with Gasteiger partial charge in [-0.1, -0.05) is 37.3 Å². The van der Waals surface area contributed by atoms with E-state index in [2.05, 4.69) is 30.0 Å². The van der Waals surface area contributed by atoms with E-state index in [1.165, 1.54) is 0 Å². The Labute approximate surface area is 115 Å². The molecule has 0 spiro atoms. The second kappa shape index (κ2) is 6.18. The van der Waals surface area contributed by atoms with E-state index in [1.54, 1.807) is 0 Å². The monoisotopic (exact) mass is 258 g/mol. The fourth-order valence-corrected chi connectivity index (χ4v) is 2.84. The first-order valence-corrected chi connectivity index (χ1v) is 7.00. The Hall–Kier alpha value is -1.37. The highest BCUT2D eigenvalue weighted by Crippen LogP contribution is 2.34. The van der Waals surface area contributed by atoms with Crippen LogP contribution in [0, 0.1) is 17.2 Å². The summed E-state index contributed by atoms with van der Waals surface area (Å²) in [5.41, 5.74) is 0.826. The molecule has 0 saturated carbocycles. The summed E-state index contributed by atoms with van der Waals surface area (Å²) in [4.78, 5) is 2.36. The van der Waals surface area contributed by atoms with Crippen LogP contribution in [0.4, 0.5) is 0 Å². The van der Waals surface area contributed by atoms with E-state index in [4.69, 9.17) is 5.11 Å². The Balaban J connectivity index is 2.03. The molecular formula is C16H22N2O. The summed E-state index contributed by atoms with van der Waals surface area (Å²) in [6.07, 6.45) is 1.76. The summed E-state index contributed by atoms with van der Waals surface area (Å²) in [5.74, 6) is 0.311. The zero-order chi connectivity index (χ0) is 13.7. The van der Waals surface area contributed by atoms with E-state index in [0.29, 0.717) is 5.92 Å². The van der Waals surface area contributed by atoms with Gasteiger partial charge in [0.2, 0.25) is 0 Å². The van der Waals surface area contributed by atoms with Crippen molar-refractivity contribution >= 4 is 0 Å². The standard InChI is InChI=1S/C16H22N2O/c1-14(12-19)11-18-9-7-16(13-17,8-10-18)15-5-3-2-4-6-15/h2-6,14,19H,7-12H2,1H3. The van der Waals surface area contributed by atoms with E-state index in [0.717, 1.165) is 38.0 Å². The van der Waals surface area contributed by atoms with Crippen LogP contribution in [0.1, 0.15) is 25.3 Å². The number of hydrogen-bond donors (Lipinski definition) is 1. The SMILES string of the molecule is CC(CO)CN1CCC(C#N)(c2ccccc2)CC1. The predicted octanol–water partition coefficient (Wildman–Crippen LogP) is 2.17. The van der Waals surface area contributed by atoms with Gasteiger partial charge in [0.1, 0.15) is 0 Å². The minimum atomic E-state index is -0.319. The molecule has 1 unspecified atom stereocenters. The van der Waals surface area contributed by atoms with Crippen LogP contribution in [0.2, 0.25) is 0 Å². The maximum atomic E-state index is 9.60. The van der Waals surface area contributed by atoms with Crippen LogP contribution in [-0.2, 0) is 5.41 Å². The van der Waals surface area contributed by atoms with Crippen molar-refractivity contribution in [3.05, 3.63) is 35.9 Å². The third-order valence-electron chi connectivity index (χ3n) is 4.13. The lowest BCUT2D eigenvalue weighted by molar-refractivity contribution is 0.136. The molecule has 0 aliphatic carbocycles. The van der Waals surface area contributed by atoms with Gasteiger partial charge in [0.05, 0.1) is 11.5 Å². The molecule has 1 aliphatic rings. The van der Waals surface area contributed by atoms with Gasteiger partial charge in [0.25, 0.3) is 0 Å². The quantitative estimate of drug-likeness (QED) is 0.900. The van der Waals surface area contributed by atoms with Gasteiger partial charge in [-0.3, -0.25) is 0 Å². The summed E-state index contributed by atoms with van der Waals surface area (Å²) in [7, 11) is 0. The molecule has 1 atom stereocenters. The average Bonchev–Trinajstić information content (AvgIpc) is 2.49. The van der Waals surface area contributed by atoms with Crippen molar-refractivity contribution in [2.45, 2.75) is 25.2 Å². The number of rotatable bonds is 4. The number of aliphatic hydroxyl groups is 1. The van der Waals surface area contributed by atoms with Crippen molar-refractivity contribution in [2.24, 2.45) is 5.92 Å². The summed E-state index contributed by atoms with van der Waals surface area (Å²) in [5, 5.41) is 18.7. The number of piperidine rings is 1. The summed E-state index contributed by atoms with van der Waals surface area (Å²) in [6, 6.07) is 12.7. The lowest BCUT2D eigenvalue weighted by Gasteiger charge is -2.38. The van der Waals surface area contributed by atoms with Gasteiger partial charge in [-0.15, -0.1) is 0 Å². The van der Waals surface area contributed by atoms with Crippen molar-refractivity contribution < 1.29 is 5.11 Å². The topological polar surface area (TPSA) is 47.3 Å². The zero-order valence-corrected chi connectivity index (χ0v) is 11.5. The molecule has 1 aromatic rings. The molecule has 0 bridgehead atoms. The molecule has 3 heteroatoms. The van der Waals surface area contributed by atoms with E-state index in [9.17, 15) is 5.26 Å². The predicted molar refractivity (Wildman–Crippen MR) is 75.7 cm³/mol. The fourth-order valence-electron chi connectivity index (χ4n) is 2.84. The van der Waals surface area contributed by atoms with Crippen LogP contribution in [0.15, 0.2) is 30.3 Å². The maximum Gasteiger partial charge on any atom is 0.0846 e. The number of aliphatic hydroxyl groups excluding tert-OH is 1. The average molecular weight is 258 g/mol. The molecule has 3 nitrogen and oxygen atoms in total. The minimum Gasteiger partial charge on any atom is -0.396 e. The molecule has 0 amide bonds. The van der Waals surface area contributed by atoms with Gasteiger partial charge in [-0.2, -0.15) is 5.26 Å². The molecule has 0 aromatic heterocycles. The van der Waals surface area contributed by atoms with E-state index >= 15 is 0 Å². The van der Waals surface area contributed by atoms with Gasteiger partial charge >= 0.3 is 0 Å². The first kappa shape index (κ1) is 14.0. The number of nitriles is 1. The van der Waals surface area contributed by atoms with Crippen molar-refractivity contribution in [3.8, 4) is 6.07 Å². The smallest absolute Gasteiger partial charge is 0.0846 e. The molecule has 1 fully saturated rings. The molecule has 1 aliphatic heterocycles. The van der Waals surface area contributed by atoms with Crippen molar-refractivity contribution in [1.82, 2.24) is 4.90 Å². The zero-order valence-electron chi connectivity index (χ0n) is 11.5. The number of hydrogen-bond acceptors (Lipinski definition) is 3. The normalized spacial score (nSPS) is 20.7. The van der Waals surface area contributed by atoms with Crippen molar-refractivity contribution in [1.29, 1.82) is 5.26 Å². The van der Waals surface area contributed by atoms with Crippen molar-refractivity contribution in [3.63, 3.8) is 0 Å². The molecular weight excluding hydrogens is 236 g/mol. The molecule has 1 N–H and O–H groups in total. The van der Waals surface area contributed by atoms with Gasteiger partial charge in [-0.25, -0.2) is 0 Å². The van der Waals surface area contributed by atoms with Crippen molar-refractivity contribution in [2.75, 3.05) is 26.2 Å². The van der Waals surface area contributed by atoms with E-state index in [-0.39, 0.29) is 12.0 Å². The van der Waals surface area contributed by atoms with Crippen LogP contribution >= 0.6 is 0 Å². The van der Waals surface area contributed by atoms with Crippen LogP contribution in [0.3, 0.4) is 0 Å². The lowest BCUT2D eigenvalue weighted by atomic mass is 9.74. The Kier molecular flexibility index (Phi) is 4.57. The number of benzene rings is 1. The highest BCUT2D eigenvalue weighted by Gasteiger charge is 2.36. The van der Waals surface area contributed by atoms with E-state index < -0.39 is 0 Å². The van der Waals surface area contributed by atoms with Crippen LogP contribution in [0.5, 0.6) is 0 Å². The molecule has 1 saturated heterocycles. The first-order valence-electron chi connectivity index (χ1n) is 7.00. The molecule has 2 rings (SSSR count). The summed E-state index contributed by atoms with van der Waals surface area (Å²) in [6.45, 7) is 5.09. The third kappa shape index (κ3) is 3.15. The Morgan fingerprint density at radius 3 is 2.47 bits per heavy atom. The number of nitrogens with zero attached hydrogens (tertiary/aromatic N) is 2. The van der Waals surface area contributed by atoms with Crippen LogP contribution in [0.25, 0.3) is 0 Å². The fraction of sp³-hybridized carbons (Fsp3) is 0.562. The largest absolute Gasteiger partial charge is 0.396 e. The molecule has 0 radical (unpaired) electrons. The number of likely N-dealkylation sites (tertiary alicyclic amines) is 1. The second-order valence-corrected chi connectivity index (χ2v) is 5.65. The van der Waals surface area contributed by atoms with Gasteiger partial charge in [0.15, 0.2) is 0 Å². The summed E-state index contributed by atoms with van der Waals surface area (Å²) < 4.78 is 0. The third-order valence-corrected chi connectivity index (χ3v) is 4.13. The molecule has 1 heterocycles. The molecule has 102 valence electrons. The second-order valence-electron chi connectivity index (χ2n) is 5.65. The van der Waals surface area contributed by atoms with E-state index in [1.807, 2.05) is 18.2 Å². The lowest BCUT2D eigenvalue weighted by Crippen LogP contribution is -2.43. The van der Waals surface area contributed by atoms with Gasteiger partial charge < -0.3 is 10.0 Å². The van der Waals surface area contributed by atoms with Gasteiger partial charge in [-0.05, 0) is 37.4 Å². The Bertz CT molecular complexity index is 430. The highest BCUT2D eigenvalue weighted by atomic mass is 16.3. The Morgan fingerprint density at radius 1 is 1.32 bits per heavy atom. The molecule has 1 aromatic carbocycles. The molecule has 19 heavy (non-hydrogen) atoms. The minimum absolute atomic E-state index is 0.235. The highest BCUT2D eigenvalue weighted by molar-refractivity contribution is 5.33. The summed E-state index contributed by atoms with van der Waals surface area (Å²) >= 11 is 0. The first-order chi connectivity index (χ1) is 9.20.